The Bertz CT molecular complexity index is 963. The summed E-state index contributed by atoms with van der Waals surface area (Å²) in [7, 11) is -3.49. The summed E-state index contributed by atoms with van der Waals surface area (Å²) in [4.78, 5) is 26.1. The lowest BCUT2D eigenvalue weighted by atomic mass is 10.0. The number of fused-ring (bicyclic) bond motifs is 1. The fraction of sp³-hybridized carbons (Fsp3) is 0.333. The van der Waals surface area contributed by atoms with Crippen LogP contribution in [0.5, 0.6) is 0 Å². The fourth-order valence-electron chi connectivity index (χ4n) is 3.37. The first kappa shape index (κ1) is 18.1. The maximum Gasteiger partial charge on any atom is 0.339 e. The van der Waals surface area contributed by atoms with Gasteiger partial charge in [0.05, 0.1) is 12.0 Å². The van der Waals surface area contributed by atoms with Crippen molar-refractivity contribution in [2.75, 3.05) is 26.2 Å². The number of thiophene rings is 1. The number of cyclic esters (lactones) is 1. The number of amides is 1. The number of rotatable bonds is 4. The summed E-state index contributed by atoms with van der Waals surface area (Å²) in [5.74, 6) is -0.548. The molecular weight excluding hydrogens is 388 g/mol. The number of carbonyl (C=O) groups is 2. The van der Waals surface area contributed by atoms with Crippen LogP contribution < -0.4 is 0 Å². The smallest absolute Gasteiger partial charge is 0.339 e. The van der Waals surface area contributed by atoms with Gasteiger partial charge in [-0.25, -0.2) is 13.2 Å². The monoisotopic (exact) mass is 406 g/mol. The molecule has 9 heteroatoms. The van der Waals surface area contributed by atoms with E-state index in [4.69, 9.17) is 4.74 Å². The van der Waals surface area contributed by atoms with Gasteiger partial charge in [0, 0.05) is 31.7 Å². The molecule has 1 aromatic carbocycles. The number of ether oxygens (including phenoxy) is 1. The van der Waals surface area contributed by atoms with Crippen molar-refractivity contribution in [1.82, 2.24) is 9.21 Å². The largest absolute Gasteiger partial charge is 0.453 e. The number of carbonyl (C=O) groups excluding carboxylic acids is 2. The lowest BCUT2D eigenvalue weighted by Gasteiger charge is -2.34. The summed E-state index contributed by atoms with van der Waals surface area (Å²) in [6.07, 6.45) is -0.505. The van der Waals surface area contributed by atoms with Crippen molar-refractivity contribution >= 4 is 33.2 Å². The molecule has 1 amide bonds. The molecule has 27 heavy (non-hydrogen) atoms. The minimum atomic E-state index is -3.49. The fourth-order valence-corrected chi connectivity index (χ4v) is 5.94. The van der Waals surface area contributed by atoms with E-state index in [0.29, 0.717) is 22.9 Å². The molecule has 2 aromatic rings. The predicted octanol–water partition coefficient (Wildman–Crippen LogP) is 1.88. The first-order valence-corrected chi connectivity index (χ1v) is 10.9. The SMILES string of the molecule is O=C1O[C@@H](CC(=O)N2CCN(S(=O)(=O)c3cccs3)CC2)c2ccccc21. The van der Waals surface area contributed by atoms with E-state index in [9.17, 15) is 18.0 Å². The zero-order valence-corrected chi connectivity index (χ0v) is 16.0. The summed E-state index contributed by atoms with van der Waals surface area (Å²) in [5.41, 5.74) is 1.23. The Balaban J connectivity index is 1.38. The number of sulfonamides is 1. The molecule has 0 N–H and O–H groups in total. The van der Waals surface area contributed by atoms with Crippen LogP contribution >= 0.6 is 11.3 Å². The average Bonchev–Trinajstić information content (AvgIpc) is 3.32. The maximum atomic E-state index is 12.6. The third-order valence-electron chi connectivity index (χ3n) is 4.82. The molecule has 7 nitrogen and oxygen atoms in total. The average molecular weight is 406 g/mol. The zero-order chi connectivity index (χ0) is 19.0. The lowest BCUT2D eigenvalue weighted by Crippen LogP contribution is -2.50. The van der Waals surface area contributed by atoms with E-state index in [0.717, 1.165) is 5.56 Å². The molecule has 1 aromatic heterocycles. The quantitative estimate of drug-likeness (QED) is 0.724. The summed E-state index contributed by atoms with van der Waals surface area (Å²) in [6, 6.07) is 10.4. The van der Waals surface area contributed by atoms with Crippen molar-refractivity contribution in [3.05, 3.63) is 52.9 Å². The Kier molecular flexibility index (Phi) is 4.75. The standard InChI is InChI=1S/C18H18N2O5S2/c21-16(12-15-13-4-1-2-5-14(13)18(22)25-15)19-7-9-20(10-8-19)27(23,24)17-6-3-11-26-17/h1-6,11,15H,7-10,12H2/t15-/m0/s1. The van der Waals surface area contributed by atoms with Crippen LogP contribution in [0.4, 0.5) is 0 Å². The first-order chi connectivity index (χ1) is 13.0. The van der Waals surface area contributed by atoms with Gasteiger partial charge in [-0.05, 0) is 17.5 Å². The molecule has 0 saturated carbocycles. The lowest BCUT2D eigenvalue weighted by molar-refractivity contribution is -0.134. The van der Waals surface area contributed by atoms with Crippen LogP contribution in [0.1, 0.15) is 28.4 Å². The van der Waals surface area contributed by atoms with Crippen LogP contribution in [-0.4, -0.2) is 55.7 Å². The Hall–Kier alpha value is -2.23. The molecule has 142 valence electrons. The number of esters is 1. The number of benzene rings is 1. The summed E-state index contributed by atoms with van der Waals surface area (Å²) >= 11 is 1.19. The molecule has 2 aliphatic rings. The van der Waals surface area contributed by atoms with E-state index in [1.807, 2.05) is 6.07 Å². The highest BCUT2D eigenvalue weighted by Gasteiger charge is 2.35. The molecular formula is C18H18N2O5S2. The summed E-state index contributed by atoms with van der Waals surface area (Å²) in [5, 5.41) is 1.73. The molecule has 2 aliphatic heterocycles. The molecule has 1 saturated heterocycles. The number of piperazine rings is 1. The normalized spacial score (nSPS) is 20.4. The minimum Gasteiger partial charge on any atom is -0.453 e. The second-order valence-electron chi connectivity index (χ2n) is 6.40. The third kappa shape index (κ3) is 3.38. The van der Waals surface area contributed by atoms with Gasteiger partial charge in [-0.15, -0.1) is 11.3 Å². The zero-order valence-electron chi connectivity index (χ0n) is 14.4. The van der Waals surface area contributed by atoms with Gasteiger partial charge in [0.2, 0.25) is 5.91 Å². The van der Waals surface area contributed by atoms with Crippen molar-refractivity contribution in [2.45, 2.75) is 16.7 Å². The van der Waals surface area contributed by atoms with Gasteiger partial charge in [-0.3, -0.25) is 4.79 Å². The maximum absolute atomic E-state index is 12.6. The number of hydrogen-bond acceptors (Lipinski definition) is 6. The van der Waals surface area contributed by atoms with E-state index in [2.05, 4.69) is 0 Å². The Labute approximate surface area is 161 Å². The number of nitrogens with zero attached hydrogens (tertiary/aromatic N) is 2. The van der Waals surface area contributed by atoms with Gasteiger partial charge in [0.15, 0.2) is 0 Å². The highest BCUT2D eigenvalue weighted by atomic mass is 32.2. The van der Waals surface area contributed by atoms with Crippen molar-refractivity contribution < 1.29 is 22.7 Å². The summed E-state index contributed by atoms with van der Waals surface area (Å²) in [6.45, 7) is 1.16. The predicted molar refractivity (Wildman–Crippen MR) is 98.9 cm³/mol. The van der Waals surface area contributed by atoms with E-state index in [1.54, 1.807) is 40.6 Å². The van der Waals surface area contributed by atoms with Gasteiger partial charge < -0.3 is 9.64 Å². The van der Waals surface area contributed by atoms with E-state index in [1.165, 1.54) is 15.6 Å². The van der Waals surface area contributed by atoms with E-state index >= 15 is 0 Å². The topological polar surface area (TPSA) is 84.0 Å². The van der Waals surface area contributed by atoms with Crippen LogP contribution in [-0.2, 0) is 19.6 Å². The van der Waals surface area contributed by atoms with Crippen LogP contribution in [0.2, 0.25) is 0 Å². The van der Waals surface area contributed by atoms with Gasteiger partial charge >= 0.3 is 5.97 Å². The van der Waals surface area contributed by atoms with Crippen molar-refractivity contribution in [3.8, 4) is 0 Å². The van der Waals surface area contributed by atoms with Gasteiger partial charge in [0.1, 0.15) is 10.3 Å². The molecule has 0 unspecified atom stereocenters. The van der Waals surface area contributed by atoms with Crippen LogP contribution in [0.15, 0.2) is 46.0 Å². The van der Waals surface area contributed by atoms with Crippen LogP contribution in [0.25, 0.3) is 0 Å². The molecule has 0 aliphatic carbocycles. The Morgan fingerprint density at radius 1 is 1.11 bits per heavy atom. The first-order valence-electron chi connectivity index (χ1n) is 8.58. The Morgan fingerprint density at radius 3 is 2.56 bits per heavy atom. The molecule has 1 fully saturated rings. The second-order valence-corrected chi connectivity index (χ2v) is 9.51. The van der Waals surface area contributed by atoms with Gasteiger partial charge in [-0.2, -0.15) is 4.31 Å². The summed E-state index contributed by atoms with van der Waals surface area (Å²) < 4.78 is 32.2. The van der Waals surface area contributed by atoms with Crippen molar-refractivity contribution in [2.24, 2.45) is 0 Å². The molecule has 0 radical (unpaired) electrons. The molecule has 1 atom stereocenters. The van der Waals surface area contributed by atoms with Crippen LogP contribution in [0.3, 0.4) is 0 Å². The Morgan fingerprint density at radius 2 is 1.85 bits per heavy atom. The number of hydrogen-bond donors (Lipinski definition) is 0. The van der Waals surface area contributed by atoms with Crippen LogP contribution in [0, 0.1) is 0 Å². The van der Waals surface area contributed by atoms with Gasteiger partial charge in [0.25, 0.3) is 10.0 Å². The van der Waals surface area contributed by atoms with Crippen molar-refractivity contribution in [3.63, 3.8) is 0 Å². The van der Waals surface area contributed by atoms with E-state index in [-0.39, 0.29) is 25.4 Å². The third-order valence-corrected chi connectivity index (χ3v) is 8.09. The molecule has 3 heterocycles. The molecule has 4 rings (SSSR count). The molecule has 0 spiro atoms. The van der Waals surface area contributed by atoms with E-state index < -0.39 is 22.1 Å². The minimum absolute atomic E-state index is 0.0699. The van der Waals surface area contributed by atoms with Crippen molar-refractivity contribution in [1.29, 1.82) is 0 Å². The van der Waals surface area contributed by atoms with Gasteiger partial charge in [-0.1, -0.05) is 24.3 Å². The highest BCUT2D eigenvalue weighted by Crippen LogP contribution is 2.33. The molecule has 0 bridgehead atoms. The second kappa shape index (κ2) is 7.06. The highest BCUT2D eigenvalue weighted by molar-refractivity contribution is 7.91.